The number of unbranched alkanes of at least 4 members (excludes halogenated alkanes) is 1. The molecule has 42 heavy (non-hydrogen) atoms. The minimum atomic E-state index is 0.0812. The lowest BCUT2D eigenvalue weighted by atomic mass is 9.81. The summed E-state index contributed by atoms with van der Waals surface area (Å²) in [5.41, 5.74) is 7.49. The molecule has 3 rings (SSSR count). The Morgan fingerprint density at radius 3 is 2.33 bits per heavy atom. The average Bonchev–Trinajstić information content (AvgIpc) is 2.94. The van der Waals surface area contributed by atoms with E-state index in [1.54, 1.807) is 0 Å². The molecule has 1 aromatic carbocycles. The van der Waals surface area contributed by atoms with E-state index < -0.39 is 0 Å². The lowest BCUT2D eigenvalue weighted by molar-refractivity contribution is 0.128. The number of likely N-dealkylation sites (N-methyl/N-ethyl adjacent to an activating group) is 1. The van der Waals surface area contributed by atoms with E-state index in [4.69, 9.17) is 4.74 Å². The van der Waals surface area contributed by atoms with Gasteiger partial charge in [0.25, 0.3) is 0 Å². The van der Waals surface area contributed by atoms with E-state index in [0.717, 1.165) is 36.5 Å². The summed E-state index contributed by atoms with van der Waals surface area (Å²) in [6.45, 7) is 32.7. The molecule has 2 unspecified atom stereocenters. The van der Waals surface area contributed by atoms with Gasteiger partial charge in [0, 0.05) is 30.6 Å². The monoisotopic (exact) mass is 574 g/mol. The van der Waals surface area contributed by atoms with E-state index in [9.17, 15) is 0 Å². The number of nitrogens with zero attached hydrogens (tertiary/aromatic N) is 2. The number of benzene rings is 1. The first-order chi connectivity index (χ1) is 19.9. The number of piperazine rings is 1. The van der Waals surface area contributed by atoms with Crippen LogP contribution in [-0.2, 0) is 11.2 Å². The molecule has 234 valence electrons. The summed E-state index contributed by atoms with van der Waals surface area (Å²) in [6, 6.07) is 7.26. The highest BCUT2D eigenvalue weighted by Gasteiger charge is 2.40. The molecule has 2 aliphatic rings. The Bertz CT molecular complexity index is 1260. The zero-order valence-corrected chi connectivity index (χ0v) is 29.1. The lowest BCUT2D eigenvalue weighted by Crippen LogP contribution is -2.55. The molecule has 0 amide bonds. The first-order valence-electron chi connectivity index (χ1n) is 16.6. The van der Waals surface area contributed by atoms with Crippen molar-refractivity contribution in [3.05, 3.63) is 82.2 Å². The SMILES string of the molecule is C=C1C=C2/C(=c3\cccc(CCCCC(C)CC)c3=C(C)CC)N(C)CC(C(C)(C)C)N2C=C1C(=C)OCC.CCC. The molecular weight excluding hydrogens is 512 g/mol. The van der Waals surface area contributed by atoms with Crippen LogP contribution in [-0.4, -0.2) is 36.0 Å². The number of rotatable bonds is 10. The number of aryl methyl sites for hydroxylation is 1. The summed E-state index contributed by atoms with van der Waals surface area (Å²) in [5, 5.41) is 2.78. The second-order valence-electron chi connectivity index (χ2n) is 13.4. The van der Waals surface area contributed by atoms with Gasteiger partial charge in [0.1, 0.15) is 5.76 Å². The van der Waals surface area contributed by atoms with Crippen LogP contribution in [0.4, 0.5) is 0 Å². The van der Waals surface area contributed by atoms with Crippen molar-refractivity contribution < 1.29 is 4.74 Å². The van der Waals surface area contributed by atoms with Crippen LogP contribution in [0.1, 0.15) is 113 Å². The van der Waals surface area contributed by atoms with Crippen LogP contribution in [0.5, 0.6) is 0 Å². The van der Waals surface area contributed by atoms with Gasteiger partial charge in [-0.25, -0.2) is 0 Å². The van der Waals surface area contributed by atoms with E-state index in [2.05, 4.69) is 123 Å². The fraction of sp³-hybridized carbons (Fsp3) is 0.590. The maximum absolute atomic E-state index is 5.83. The van der Waals surface area contributed by atoms with Crippen molar-refractivity contribution in [1.29, 1.82) is 0 Å². The van der Waals surface area contributed by atoms with Crippen LogP contribution in [0.3, 0.4) is 0 Å². The Morgan fingerprint density at radius 1 is 1.10 bits per heavy atom. The largest absolute Gasteiger partial charge is 0.494 e. The Hall–Kier alpha value is -2.68. The molecule has 0 aliphatic carbocycles. The second-order valence-corrected chi connectivity index (χ2v) is 13.4. The first kappa shape index (κ1) is 35.5. The van der Waals surface area contributed by atoms with Crippen LogP contribution < -0.4 is 10.4 Å². The molecule has 3 nitrogen and oxygen atoms in total. The topological polar surface area (TPSA) is 15.7 Å². The Labute approximate surface area is 259 Å². The quantitative estimate of drug-likeness (QED) is 0.205. The third-order valence-electron chi connectivity index (χ3n) is 8.68. The van der Waals surface area contributed by atoms with Gasteiger partial charge in [-0.1, -0.05) is 118 Å². The highest BCUT2D eigenvalue weighted by Crippen LogP contribution is 2.41. The molecular formula is C39H62N2O. The summed E-state index contributed by atoms with van der Waals surface area (Å²) in [5.74, 6) is 1.51. The third-order valence-corrected chi connectivity index (χ3v) is 8.68. The first-order valence-corrected chi connectivity index (χ1v) is 16.6. The van der Waals surface area contributed by atoms with Gasteiger partial charge in [-0.15, -0.1) is 0 Å². The summed E-state index contributed by atoms with van der Waals surface area (Å²) in [7, 11) is 2.26. The predicted molar refractivity (Wildman–Crippen MR) is 185 cm³/mol. The average molecular weight is 575 g/mol. The van der Waals surface area contributed by atoms with Gasteiger partial charge < -0.3 is 14.5 Å². The Morgan fingerprint density at radius 2 is 1.76 bits per heavy atom. The fourth-order valence-electron chi connectivity index (χ4n) is 5.93. The van der Waals surface area contributed by atoms with E-state index in [1.807, 2.05) is 6.92 Å². The maximum atomic E-state index is 5.83. The molecule has 2 atom stereocenters. The summed E-state index contributed by atoms with van der Waals surface area (Å²) >= 11 is 0. The second kappa shape index (κ2) is 16.2. The van der Waals surface area contributed by atoms with Crippen LogP contribution in [0.15, 0.2) is 66.2 Å². The predicted octanol–water partition coefficient (Wildman–Crippen LogP) is 9.10. The van der Waals surface area contributed by atoms with Gasteiger partial charge in [0.05, 0.1) is 24.0 Å². The van der Waals surface area contributed by atoms with Crippen molar-refractivity contribution in [2.24, 2.45) is 11.3 Å². The van der Waals surface area contributed by atoms with Crippen molar-refractivity contribution >= 4 is 11.3 Å². The van der Waals surface area contributed by atoms with Crippen molar-refractivity contribution in [2.75, 3.05) is 20.2 Å². The van der Waals surface area contributed by atoms with Crippen molar-refractivity contribution in [1.82, 2.24) is 9.80 Å². The van der Waals surface area contributed by atoms with Gasteiger partial charge in [0.2, 0.25) is 0 Å². The van der Waals surface area contributed by atoms with Gasteiger partial charge in [-0.3, -0.25) is 0 Å². The van der Waals surface area contributed by atoms with E-state index in [0.29, 0.717) is 18.4 Å². The lowest BCUT2D eigenvalue weighted by Gasteiger charge is -2.50. The summed E-state index contributed by atoms with van der Waals surface area (Å²) in [6.07, 6.45) is 13.1. The normalized spacial score (nSPS) is 19.7. The maximum Gasteiger partial charge on any atom is 0.121 e. The molecule has 0 radical (unpaired) electrons. The van der Waals surface area contributed by atoms with Gasteiger partial charge in [-0.05, 0) is 66.9 Å². The smallest absolute Gasteiger partial charge is 0.121 e. The van der Waals surface area contributed by atoms with Crippen molar-refractivity contribution in [3.63, 3.8) is 0 Å². The minimum absolute atomic E-state index is 0.0812. The number of hydrogen-bond acceptors (Lipinski definition) is 3. The van der Waals surface area contributed by atoms with E-state index in [1.165, 1.54) is 65.1 Å². The van der Waals surface area contributed by atoms with E-state index >= 15 is 0 Å². The fourth-order valence-corrected chi connectivity index (χ4v) is 5.93. The van der Waals surface area contributed by atoms with Crippen LogP contribution in [0.25, 0.3) is 11.3 Å². The van der Waals surface area contributed by atoms with Gasteiger partial charge in [-0.2, -0.15) is 0 Å². The molecule has 1 aromatic rings. The van der Waals surface area contributed by atoms with Crippen LogP contribution >= 0.6 is 0 Å². The third kappa shape index (κ3) is 8.68. The zero-order chi connectivity index (χ0) is 31.6. The molecule has 2 heterocycles. The molecule has 1 saturated heterocycles. The number of ether oxygens (including phenoxy) is 1. The minimum Gasteiger partial charge on any atom is -0.494 e. The molecule has 3 heteroatoms. The number of fused-ring (bicyclic) bond motifs is 1. The summed E-state index contributed by atoms with van der Waals surface area (Å²) < 4.78 is 5.83. The van der Waals surface area contributed by atoms with Crippen molar-refractivity contribution in [3.8, 4) is 0 Å². The van der Waals surface area contributed by atoms with Gasteiger partial charge >= 0.3 is 0 Å². The molecule has 0 saturated carbocycles. The number of hydrogen-bond donors (Lipinski definition) is 0. The molecule has 0 bridgehead atoms. The summed E-state index contributed by atoms with van der Waals surface area (Å²) in [4.78, 5) is 4.96. The molecule has 0 spiro atoms. The van der Waals surface area contributed by atoms with E-state index in [-0.39, 0.29) is 5.41 Å². The number of allylic oxidation sites excluding steroid dienone is 2. The van der Waals surface area contributed by atoms with Gasteiger partial charge in [0.15, 0.2) is 0 Å². The standard InChI is InChI=1S/C36H54N2O.C3H8/c1-12-25(4)18-15-16-19-29-20-17-21-30(34(29)26(5)13-2)35-32-22-27(6)31(28(7)39-14-3)23-38(32)33(24-37(35)11)36(8,9)10;1-3-2/h17,20-23,25,33H,6-7,12-16,18-19,24H2,1-5,8-11H3;3H2,1-2H3/b34-26?,35-30-;. The Kier molecular flexibility index (Phi) is 13.7. The molecule has 0 aromatic heterocycles. The highest BCUT2D eigenvalue weighted by molar-refractivity contribution is 5.70. The molecule has 1 fully saturated rings. The highest BCUT2D eigenvalue weighted by atomic mass is 16.5. The Balaban J connectivity index is 0.00000197. The zero-order valence-electron chi connectivity index (χ0n) is 29.1. The van der Waals surface area contributed by atoms with Crippen LogP contribution in [0.2, 0.25) is 0 Å². The van der Waals surface area contributed by atoms with Crippen LogP contribution in [0, 0.1) is 11.3 Å². The molecule has 0 N–H and O–H groups in total. The van der Waals surface area contributed by atoms with Crippen molar-refractivity contribution in [2.45, 2.75) is 120 Å². The molecule has 2 aliphatic heterocycles.